The van der Waals surface area contributed by atoms with Crippen molar-refractivity contribution < 1.29 is 14.6 Å². The van der Waals surface area contributed by atoms with E-state index in [0.717, 1.165) is 50.8 Å². The van der Waals surface area contributed by atoms with Gasteiger partial charge in [0.25, 0.3) is 0 Å². The molecule has 0 unspecified atom stereocenters. The molecule has 1 aliphatic rings. The van der Waals surface area contributed by atoms with Gasteiger partial charge in [-0.15, -0.1) is 11.3 Å². The van der Waals surface area contributed by atoms with Crippen molar-refractivity contribution in [1.82, 2.24) is 4.98 Å². The fourth-order valence-electron chi connectivity index (χ4n) is 4.90. The van der Waals surface area contributed by atoms with Gasteiger partial charge in [-0.2, -0.15) is 5.26 Å². The minimum Gasteiger partial charge on any atom is -0.488 e. The zero-order valence-electron chi connectivity index (χ0n) is 22.2. The summed E-state index contributed by atoms with van der Waals surface area (Å²) < 4.78 is 6.38. The van der Waals surface area contributed by atoms with Gasteiger partial charge in [-0.3, -0.25) is 4.79 Å². The second kappa shape index (κ2) is 11.7. The number of nitriles is 1. The lowest BCUT2D eigenvalue weighted by Gasteiger charge is -2.29. The first-order valence-electron chi connectivity index (χ1n) is 13.2. The molecule has 6 nitrogen and oxygen atoms in total. The number of carboxylic acids is 1. The molecule has 2 heterocycles. The van der Waals surface area contributed by atoms with Crippen LogP contribution in [0.25, 0.3) is 22.4 Å². The summed E-state index contributed by atoms with van der Waals surface area (Å²) in [6.07, 6.45) is 2.21. The molecule has 198 valence electrons. The smallest absolute Gasteiger partial charge is 0.306 e. The average Bonchev–Trinajstić information content (AvgIpc) is 3.47. The van der Waals surface area contributed by atoms with Crippen molar-refractivity contribution in [2.75, 3.05) is 18.0 Å². The molecule has 5 rings (SSSR count). The maximum atomic E-state index is 11.3. The number of hydrogen-bond acceptors (Lipinski definition) is 6. The van der Waals surface area contributed by atoms with Gasteiger partial charge in [-0.1, -0.05) is 43.3 Å². The second-order valence-corrected chi connectivity index (χ2v) is 10.8. The van der Waals surface area contributed by atoms with Crippen molar-refractivity contribution in [2.45, 2.75) is 39.7 Å². The first kappa shape index (κ1) is 26.5. The summed E-state index contributed by atoms with van der Waals surface area (Å²) in [4.78, 5) is 18.4. The highest BCUT2D eigenvalue weighted by atomic mass is 32.1. The van der Waals surface area contributed by atoms with Crippen LogP contribution in [0.3, 0.4) is 0 Å². The Labute approximate surface area is 233 Å². The van der Waals surface area contributed by atoms with Gasteiger partial charge in [0.2, 0.25) is 0 Å². The fourth-order valence-corrected chi connectivity index (χ4v) is 5.78. The molecule has 0 amide bonds. The van der Waals surface area contributed by atoms with Gasteiger partial charge in [0.05, 0.1) is 23.2 Å². The van der Waals surface area contributed by atoms with Crippen LogP contribution < -0.4 is 9.64 Å². The molecule has 1 saturated heterocycles. The van der Waals surface area contributed by atoms with E-state index in [-0.39, 0.29) is 5.92 Å². The summed E-state index contributed by atoms with van der Waals surface area (Å²) in [5.41, 5.74) is 8.17. The van der Waals surface area contributed by atoms with Crippen molar-refractivity contribution in [2.24, 2.45) is 5.92 Å². The molecule has 0 radical (unpaired) electrons. The number of carboxylic acid groups (broad SMARTS) is 1. The van der Waals surface area contributed by atoms with Gasteiger partial charge in [0.1, 0.15) is 12.4 Å². The normalized spacial score (nSPS) is 13.7. The Kier molecular flexibility index (Phi) is 7.94. The predicted octanol–water partition coefficient (Wildman–Crippen LogP) is 7.10. The summed E-state index contributed by atoms with van der Waals surface area (Å²) in [5, 5.41) is 21.4. The van der Waals surface area contributed by atoms with Crippen LogP contribution in [0.1, 0.15) is 42.0 Å². The van der Waals surface area contributed by atoms with E-state index in [1.807, 2.05) is 30.3 Å². The number of nitrogens with zero attached hydrogens (tertiary/aromatic N) is 3. The van der Waals surface area contributed by atoms with Crippen molar-refractivity contribution in [1.29, 1.82) is 5.26 Å². The fraction of sp³-hybridized carbons (Fsp3) is 0.281. The van der Waals surface area contributed by atoms with E-state index in [9.17, 15) is 9.90 Å². The Hall–Kier alpha value is -4.15. The topological polar surface area (TPSA) is 86.5 Å². The highest BCUT2D eigenvalue weighted by molar-refractivity contribution is 7.14. The molecule has 1 aromatic heterocycles. The number of aromatic nitrogens is 1. The molecular weight excluding hydrogens is 506 g/mol. The number of benzene rings is 3. The monoisotopic (exact) mass is 537 g/mol. The molecule has 39 heavy (non-hydrogen) atoms. The number of piperidine rings is 1. The van der Waals surface area contributed by atoms with Gasteiger partial charge >= 0.3 is 5.97 Å². The summed E-state index contributed by atoms with van der Waals surface area (Å²) in [6.45, 7) is 6.09. The Balaban J connectivity index is 1.33. The van der Waals surface area contributed by atoms with Gasteiger partial charge in [0.15, 0.2) is 5.13 Å². The molecule has 7 heteroatoms. The zero-order valence-corrected chi connectivity index (χ0v) is 23.0. The van der Waals surface area contributed by atoms with E-state index in [2.05, 4.69) is 60.5 Å². The molecular formula is C32H31N3O3S. The van der Waals surface area contributed by atoms with Gasteiger partial charge in [-0.05, 0) is 78.3 Å². The number of aliphatic carboxylic acids is 1. The summed E-state index contributed by atoms with van der Waals surface area (Å²) >= 11 is 1.60. The highest BCUT2D eigenvalue weighted by Gasteiger charge is 2.26. The number of carbonyl (C=O) groups is 1. The molecule has 0 saturated carbocycles. The SMILES string of the molecule is CCc1ccc(OCc2ccc(-c3ccc(C#N)cc3)cc2C)c(-c2csc(N3CCC(C(=O)O)CC3)n2)c1. The number of thiazole rings is 1. The van der Waals surface area contributed by atoms with E-state index in [1.54, 1.807) is 11.3 Å². The van der Waals surface area contributed by atoms with Crippen LogP contribution in [0, 0.1) is 24.2 Å². The lowest BCUT2D eigenvalue weighted by Crippen LogP contribution is -2.36. The van der Waals surface area contributed by atoms with Crippen LogP contribution in [-0.4, -0.2) is 29.1 Å². The minimum absolute atomic E-state index is 0.261. The summed E-state index contributed by atoms with van der Waals surface area (Å²) in [5.74, 6) is -0.167. The van der Waals surface area contributed by atoms with E-state index >= 15 is 0 Å². The van der Waals surface area contributed by atoms with Crippen LogP contribution >= 0.6 is 11.3 Å². The standard InChI is InChI=1S/C32H31N3O3S/c1-3-22-6-11-30(28(17-22)29-20-39-32(34-29)35-14-12-25(13-15-35)31(36)37)38-19-27-10-9-26(16-21(27)2)24-7-4-23(18-33)5-8-24/h4-11,16-17,20,25H,3,12-15,19H2,1-2H3,(H,36,37). The van der Waals surface area contributed by atoms with Gasteiger partial charge in [-0.25, -0.2) is 4.98 Å². The molecule has 0 atom stereocenters. The van der Waals surface area contributed by atoms with E-state index in [0.29, 0.717) is 38.1 Å². The quantitative estimate of drug-likeness (QED) is 0.258. The molecule has 3 aromatic carbocycles. The Morgan fingerprint density at radius 3 is 2.51 bits per heavy atom. The number of rotatable bonds is 8. The van der Waals surface area contributed by atoms with E-state index < -0.39 is 5.97 Å². The van der Waals surface area contributed by atoms with E-state index in [1.165, 1.54) is 5.56 Å². The average molecular weight is 538 g/mol. The molecule has 1 N–H and O–H groups in total. The number of aryl methyl sites for hydroxylation is 2. The van der Waals surface area contributed by atoms with Crippen LogP contribution in [0.2, 0.25) is 0 Å². The first-order valence-corrected chi connectivity index (χ1v) is 14.1. The Morgan fingerprint density at radius 1 is 1.10 bits per heavy atom. The lowest BCUT2D eigenvalue weighted by atomic mass is 9.97. The lowest BCUT2D eigenvalue weighted by molar-refractivity contribution is -0.142. The van der Waals surface area contributed by atoms with Crippen molar-refractivity contribution in [3.8, 4) is 34.2 Å². The maximum absolute atomic E-state index is 11.3. The number of anilines is 1. The van der Waals surface area contributed by atoms with Gasteiger partial charge < -0.3 is 14.7 Å². The Morgan fingerprint density at radius 2 is 1.85 bits per heavy atom. The number of ether oxygens (including phenoxy) is 1. The van der Waals surface area contributed by atoms with E-state index in [4.69, 9.17) is 15.0 Å². The molecule has 0 aliphatic carbocycles. The molecule has 1 aliphatic heterocycles. The Bertz CT molecular complexity index is 1510. The van der Waals surface area contributed by atoms with Crippen LogP contribution in [0.5, 0.6) is 5.75 Å². The highest BCUT2D eigenvalue weighted by Crippen LogP contribution is 2.36. The maximum Gasteiger partial charge on any atom is 0.306 e. The molecule has 0 spiro atoms. The van der Waals surface area contributed by atoms with Crippen molar-refractivity contribution in [3.63, 3.8) is 0 Å². The van der Waals surface area contributed by atoms with Gasteiger partial charge in [0, 0.05) is 24.0 Å². The predicted molar refractivity (Wildman–Crippen MR) is 155 cm³/mol. The summed E-state index contributed by atoms with van der Waals surface area (Å²) in [6, 6.07) is 22.4. The third-order valence-corrected chi connectivity index (χ3v) is 8.31. The number of hydrogen-bond donors (Lipinski definition) is 1. The van der Waals surface area contributed by atoms with Crippen LogP contribution in [0.4, 0.5) is 5.13 Å². The summed E-state index contributed by atoms with van der Waals surface area (Å²) in [7, 11) is 0. The van der Waals surface area contributed by atoms with Crippen molar-refractivity contribution in [3.05, 3.63) is 88.3 Å². The first-order chi connectivity index (χ1) is 18.9. The third kappa shape index (κ3) is 5.97. The van der Waals surface area contributed by atoms with Crippen LogP contribution in [-0.2, 0) is 17.8 Å². The minimum atomic E-state index is -0.702. The van der Waals surface area contributed by atoms with Crippen molar-refractivity contribution >= 4 is 22.4 Å². The molecule has 4 aromatic rings. The third-order valence-electron chi connectivity index (χ3n) is 7.41. The second-order valence-electron chi connectivity index (χ2n) is 9.92. The van der Waals surface area contributed by atoms with Crippen LogP contribution in [0.15, 0.2) is 66.0 Å². The largest absolute Gasteiger partial charge is 0.488 e. The molecule has 0 bridgehead atoms. The zero-order chi connectivity index (χ0) is 27.4. The molecule has 1 fully saturated rings.